The van der Waals surface area contributed by atoms with Crippen molar-refractivity contribution < 1.29 is 9.53 Å². The first-order valence-electron chi connectivity index (χ1n) is 4.18. The number of ether oxygens (including phenoxy) is 1. The van der Waals surface area contributed by atoms with Crippen molar-refractivity contribution >= 4 is 5.97 Å². The van der Waals surface area contributed by atoms with Gasteiger partial charge < -0.3 is 15.5 Å². The second-order valence-electron chi connectivity index (χ2n) is 2.86. The molecule has 1 heterocycles. The van der Waals surface area contributed by atoms with E-state index in [0.29, 0.717) is 0 Å². The molecule has 0 radical (unpaired) electrons. The molecule has 0 bridgehead atoms. The number of carbonyl (C=O) groups excluding carboxylic acids is 1. The zero-order valence-corrected chi connectivity index (χ0v) is 8.10. The molecule has 0 amide bonds. The monoisotopic (exact) mass is 213 g/mol. The number of hydrogen-bond donors (Lipinski definition) is 2. The molecule has 0 aromatic carbocycles. The molecule has 1 aromatic rings. The van der Waals surface area contributed by atoms with Gasteiger partial charge in [-0.15, -0.1) is 0 Å². The van der Waals surface area contributed by atoms with Crippen LogP contribution in [-0.4, -0.2) is 28.7 Å². The maximum absolute atomic E-state index is 11.2. The van der Waals surface area contributed by atoms with E-state index in [0.717, 1.165) is 4.57 Å². The standard InChI is InChI=1S/C8H11N3O4/c1-15-7(13)5(9)4-11-6(12)2-3-10-8(11)14/h2-3,5H,4,9H2,1H3,(H,10,14). The van der Waals surface area contributed by atoms with E-state index in [2.05, 4.69) is 9.72 Å². The number of esters is 1. The minimum atomic E-state index is -1.03. The molecular formula is C8H11N3O4. The Morgan fingerprint density at radius 2 is 2.33 bits per heavy atom. The maximum atomic E-state index is 11.2. The molecule has 1 rings (SSSR count). The van der Waals surface area contributed by atoms with Crippen LogP contribution < -0.4 is 17.0 Å². The van der Waals surface area contributed by atoms with Crippen molar-refractivity contribution in [3.8, 4) is 0 Å². The van der Waals surface area contributed by atoms with E-state index in [1.807, 2.05) is 0 Å². The summed E-state index contributed by atoms with van der Waals surface area (Å²) in [5, 5.41) is 0. The van der Waals surface area contributed by atoms with E-state index < -0.39 is 23.3 Å². The Hall–Kier alpha value is -1.89. The first kappa shape index (κ1) is 11.2. The predicted molar refractivity (Wildman–Crippen MR) is 51.3 cm³/mol. The van der Waals surface area contributed by atoms with Crippen LogP contribution >= 0.6 is 0 Å². The van der Waals surface area contributed by atoms with Crippen molar-refractivity contribution in [1.82, 2.24) is 9.55 Å². The summed E-state index contributed by atoms with van der Waals surface area (Å²) in [5.74, 6) is -0.676. The summed E-state index contributed by atoms with van der Waals surface area (Å²) < 4.78 is 5.21. The third-order valence-corrected chi connectivity index (χ3v) is 1.83. The number of carbonyl (C=O) groups is 1. The Balaban J connectivity index is 2.95. The van der Waals surface area contributed by atoms with Crippen molar-refractivity contribution in [2.24, 2.45) is 5.73 Å². The highest BCUT2D eigenvalue weighted by Crippen LogP contribution is 1.85. The topological polar surface area (TPSA) is 107 Å². The highest BCUT2D eigenvalue weighted by Gasteiger charge is 2.15. The molecule has 0 aliphatic rings. The zero-order valence-electron chi connectivity index (χ0n) is 8.10. The van der Waals surface area contributed by atoms with Crippen LogP contribution in [0.25, 0.3) is 0 Å². The van der Waals surface area contributed by atoms with Gasteiger partial charge in [-0.3, -0.25) is 14.2 Å². The molecule has 1 aromatic heterocycles. The zero-order chi connectivity index (χ0) is 11.4. The second-order valence-corrected chi connectivity index (χ2v) is 2.86. The fourth-order valence-electron chi connectivity index (χ4n) is 1.05. The van der Waals surface area contributed by atoms with Crippen LogP contribution in [0.5, 0.6) is 0 Å². The predicted octanol–water partition coefficient (Wildman–Crippen LogP) is -1.96. The lowest BCUT2D eigenvalue weighted by Crippen LogP contribution is -2.44. The van der Waals surface area contributed by atoms with Crippen molar-refractivity contribution in [3.63, 3.8) is 0 Å². The second kappa shape index (κ2) is 4.56. The van der Waals surface area contributed by atoms with Gasteiger partial charge in [-0.05, 0) is 0 Å². The summed E-state index contributed by atoms with van der Waals surface area (Å²) in [5.41, 5.74) is 4.29. The van der Waals surface area contributed by atoms with Crippen molar-refractivity contribution in [2.75, 3.05) is 7.11 Å². The Labute approximate surface area is 84.5 Å². The van der Waals surface area contributed by atoms with E-state index in [1.165, 1.54) is 19.4 Å². The summed E-state index contributed by atoms with van der Waals surface area (Å²) in [6, 6.07) is 0.141. The summed E-state index contributed by atoms with van der Waals surface area (Å²) in [6.07, 6.45) is 1.23. The van der Waals surface area contributed by atoms with Crippen LogP contribution in [0.15, 0.2) is 21.9 Å². The van der Waals surface area contributed by atoms with Gasteiger partial charge in [-0.25, -0.2) is 4.79 Å². The van der Waals surface area contributed by atoms with E-state index in [4.69, 9.17) is 5.73 Å². The fraction of sp³-hybridized carbons (Fsp3) is 0.375. The van der Waals surface area contributed by atoms with Crippen LogP contribution in [-0.2, 0) is 16.1 Å². The van der Waals surface area contributed by atoms with Crippen molar-refractivity contribution in [1.29, 1.82) is 0 Å². The normalized spacial score (nSPS) is 12.1. The van der Waals surface area contributed by atoms with Crippen LogP contribution in [0.4, 0.5) is 0 Å². The number of aromatic amines is 1. The number of methoxy groups -OCH3 is 1. The minimum absolute atomic E-state index is 0.207. The SMILES string of the molecule is COC(=O)C(N)Cn1c(=O)cc[nH]c1=O. The molecule has 7 heteroatoms. The average molecular weight is 213 g/mol. The van der Waals surface area contributed by atoms with Gasteiger partial charge in [0.15, 0.2) is 0 Å². The summed E-state index contributed by atoms with van der Waals surface area (Å²) in [6.45, 7) is -0.207. The summed E-state index contributed by atoms with van der Waals surface area (Å²) >= 11 is 0. The third kappa shape index (κ3) is 2.53. The summed E-state index contributed by atoms with van der Waals surface area (Å²) in [7, 11) is 1.18. The van der Waals surface area contributed by atoms with Gasteiger partial charge in [0.05, 0.1) is 13.7 Å². The molecule has 0 aliphatic carbocycles. The number of rotatable bonds is 3. The molecule has 0 fully saturated rings. The minimum Gasteiger partial charge on any atom is -0.468 e. The Morgan fingerprint density at radius 1 is 1.67 bits per heavy atom. The molecule has 0 aliphatic heterocycles. The molecule has 1 unspecified atom stereocenters. The van der Waals surface area contributed by atoms with E-state index in [1.54, 1.807) is 0 Å². The van der Waals surface area contributed by atoms with Crippen molar-refractivity contribution in [2.45, 2.75) is 12.6 Å². The average Bonchev–Trinajstić information content (AvgIpc) is 2.22. The van der Waals surface area contributed by atoms with Gasteiger partial charge in [0.25, 0.3) is 5.56 Å². The molecule has 7 nitrogen and oxygen atoms in total. The molecule has 1 atom stereocenters. The molecule has 82 valence electrons. The first-order chi connectivity index (χ1) is 7.06. The van der Waals surface area contributed by atoms with Crippen LogP contribution in [0.3, 0.4) is 0 Å². The Morgan fingerprint density at radius 3 is 2.87 bits per heavy atom. The molecule has 0 spiro atoms. The lowest BCUT2D eigenvalue weighted by Gasteiger charge is -2.09. The summed E-state index contributed by atoms with van der Waals surface area (Å²) in [4.78, 5) is 35.7. The molecule has 3 N–H and O–H groups in total. The molecule has 15 heavy (non-hydrogen) atoms. The van der Waals surface area contributed by atoms with Crippen LogP contribution in [0.1, 0.15) is 0 Å². The number of aromatic nitrogens is 2. The number of nitrogens with two attached hydrogens (primary N) is 1. The van der Waals surface area contributed by atoms with Gasteiger partial charge in [0.1, 0.15) is 6.04 Å². The van der Waals surface area contributed by atoms with Crippen LogP contribution in [0.2, 0.25) is 0 Å². The third-order valence-electron chi connectivity index (χ3n) is 1.83. The number of H-pyrrole nitrogens is 1. The van der Waals surface area contributed by atoms with Gasteiger partial charge >= 0.3 is 11.7 Å². The lowest BCUT2D eigenvalue weighted by atomic mass is 10.3. The Bertz CT molecular complexity index is 433. The largest absolute Gasteiger partial charge is 0.468 e. The number of hydrogen-bond acceptors (Lipinski definition) is 5. The van der Waals surface area contributed by atoms with Gasteiger partial charge in [-0.2, -0.15) is 0 Å². The van der Waals surface area contributed by atoms with Crippen LogP contribution in [0, 0.1) is 0 Å². The van der Waals surface area contributed by atoms with E-state index >= 15 is 0 Å². The highest BCUT2D eigenvalue weighted by atomic mass is 16.5. The van der Waals surface area contributed by atoms with Crippen molar-refractivity contribution in [3.05, 3.63) is 33.1 Å². The fourth-order valence-corrected chi connectivity index (χ4v) is 1.05. The molecule has 0 saturated heterocycles. The smallest absolute Gasteiger partial charge is 0.328 e. The Kier molecular flexibility index (Phi) is 3.40. The van der Waals surface area contributed by atoms with E-state index in [9.17, 15) is 14.4 Å². The van der Waals surface area contributed by atoms with Gasteiger partial charge in [-0.1, -0.05) is 0 Å². The molecular weight excluding hydrogens is 202 g/mol. The van der Waals surface area contributed by atoms with E-state index in [-0.39, 0.29) is 6.54 Å². The quantitative estimate of drug-likeness (QED) is 0.567. The lowest BCUT2D eigenvalue weighted by molar-refractivity contribution is -0.142. The number of nitrogens with zero attached hydrogens (tertiary/aromatic N) is 1. The highest BCUT2D eigenvalue weighted by molar-refractivity contribution is 5.75. The molecule has 0 saturated carbocycles. The first-order valence-corrected chi connectivity index (χ1v) is 4.18. The van der Waals surface area contributed by atoms with Gasteiger partial charge in [0, 0.05) is 12.3 Å². The number of nitrogens with one attached hydrogen (secondary N) is 1. The van der Waals surface area contributed by atoms with Gasteiger partial charge in [0.2, 0.25) is 0 Å². The maximum Gasteiger partial charge on any atom is 0.328 e.